The highest BCUT2D eigenvalue weighted by Gasteiger charge is 2.31. The van der Waals surface area contributed by atoms with Crippen LogP contribution in [0, 0.1) is 0 Å². The number of hydrogen-bond donors (Lipinski definition) is 1. The first kappa shape index (κ1) is 17.5. The third-order valence-electron chi connectivity index (χ3n) is 4.19. The summed E-state index contributed by atoms with van der Waals surface area (Å²) < 4.78 is 41.6. The lowest BCUT2D eigenvalue weighted by Gasteiger charge is -2.12. The third-order valence-corrected chi connectivity index (χ3v) is 5.18. The van der Waals surface area contributed by atoms with E-state index in [-0.39, 0.29) is 5.75 Å². The zero-order chi connectivity index (χ0) is 19.0. The monoisotopic (exact) mass is 389 g/mol. The Bertz CT molecular complexity index is 1030. The van der Waals surface area contributed by atoms with Crippen LogP contribution < -0.4 is 10.1 Å². The zero-order valence-electron chi connectivity index (χ0n) is 14.2. The van der Waals surface area contributed by atoms with E-state index in [1.54, 1.807) is 19.2 Å². The highest BCUT2D eigenvalue weighted by molar-refractivity contribution is 7.18. The molecule has 138 valence electrons. The van der Waals surface area contributed by atoms with Gasteiger partial charge in [0.25, 0.3) is 0 Å². The van der Waals surface area contributed by atoms with Crippen molar-refractivity contribution < 1.29 is 17.9 Å². The highest BCUT2D eigenvalue weighted by Crippen LogP contribution is 2.38. The van der Waals surface area contributed by atoms with Crippen LogP contribution in [-0.4, -0.2) is 23.6 Å². The van der Waals surface area contributed by atoms with Crippen LogP contribution in [0.3, 0.4) is 0 Å². The molecule has 0 radical (unpaired) electrons. The zero-order valence-corrected chi connectivity index (χ0v) is 15.0. The summed E-state index contributed by atoms with van der Waals surface area (Å²) in [4.78, 5) is 0. The Labute approximate surface area is 157 Å². The summed E-state index contributed by atoms with van der Waals surface area (Å²) >= 11 is 1.44. The Morgan fingerprint density at radius 2 is 1.93 bits per heavy atom. The van der Waals surface area contributed by atoms with Crippen LogP contribution in [0.2, 0.25) is 0 Å². The van der Waals surface area contributed by atoms with E-state index in [1.807, 2.05) is 24.3 Å². The largest absolute Gasteiger partial charge is 0.573 e. The summed E-state index contributed by atoms with van der Waals surface area (Å²) in [6.07, 6.45) is -1.97. The number of nitrogens with one attached hydrogen (secondary N) is 1. The maximum atomic E-state index is 12.5. The van der Waals surface area contributed by atoms with Gasteiger partial charge in [-0.2, -0.15) is 0 Å². The van der Waals surface area contributed by atoms with Crippen LogP contribution >= 0.6 is 11.3 Å². The van der Waals surface area contributed by atoms with Gasteiger partial charge < -0.3 is 10.1 Å². The smallest absolute Gasteiger partial charge is 0.406 e. The Kier molecular flexibility index (Phi) is 4.35. The van der Waals surface area contributed by atoms with E-state index in [9.17, 15) is 13.2 Å². The van der Waals surface area contributed by atoms with E-state index in [1.165, 1.54) is 23.5 Å². The second-order valence-corrected chi connectivity index (χ2v) is 6.91. The van der Waals surface area contributed by atoms with Crippen LogP contribution in [0.25, 0.3) is 16.1 Å². The molecule has 1 heterocycles. The average Bonchev–Trinajstić information content (AvgIpc) is 3.27. The van der Waals surface area contributed by atoms with Gasteiger partial charge >= 0.3 is 6.36 Å². The summed E-state index contributed by atoms with van der Waals surface area (Å²) in [5, 5.41) is 12.7. The van der Waals surface area contributed by atoms with Gasteiger partial charge in [-0.25, -0.2) is 0 Å². The van der Waals surface area contributed by atoms with Crippen molar-refractivity contribution in [2.75, 3.05) is 12.4 Å². The number of rotatable bonds is 4. The van der Waals surface area contributed by atoms with Crippen molar-refractivity contribution in [2.45, 2.75) is 12.8 Å². The standard InChI is InChI=1S/C19H14F3N3OS/c1-23-18-25-24-17(27-18)13-6-5-11-7-8-15(16(11)10-13)12-3-2-4-14(9-12)26-19(20,21)22/h2-6,8-10H,7H2,1H3,(H,23,25). The Morgan fingerprint density at radius 3 is 2.67 bits per heavy atom. The summed E-state index contributed by atoms with van der Waals surface area (Å²) in [5.41, 5.74) is 4.59. The van der Waals surface area contributed by atoms with E-state index in [0.717, 1.165) is 38.8 Å². The maximum Gasteiger partial charge on any atom is 0.573 e. The average molecular weight is 389 g/mol. The van der Waals surface area contributed by atoms with Gasteiger partial charge in [0.2, 0.25) is 5.13 Å². The molecule has 2 aromatic carbocycles. The lowest BCUT2D eigenvalue weighted by Crippen LogP contribution is -2.17. The molecule has 8 heteroatoms. The number of fused-ring (bicyclic) bond motifs is 1. The molecule has 0 bridgehead atoms. The third kappa shape index (κ3) is 3.66. The van der Waals surface area contributed by atoms with Crippen molar-refractivity contribution in [1.82, 2.24) is 10.2 Å². The molecule has 4 nitrogen and oxygen atoms in total. The molecule has 0 saturated carbocycles. The number of nitrogens with zero attached hydrogens (tertiary/aromatic N) is 2. The second-order valence-electron chi connectivity index (χ2n) is 5.93. The van der Waals surface area contributed by atoms with Gasteiger partial charge in [-0.1, -0.05) is 41.7 Å². The molecule has 27 heavy (non-hydrogen) atoms. The van der Waals surface area contributed by atoms with Gasteiger partial charge in [0.05, 0.1) is 0 Å². The minimum Gasteiger partial charge on any atom is -0.406 e. The number of aromatic nitrogens is 2. The summed E-state index contributed by atoms with van der Waals surface area (Å²) in [5.74, 6) is -0.228. The van der Waals surface area contributed by atoms with E-state index in [4.69, 9.17) is 0 Å². The molecule has 1 aliphatic carbocycles. The number of benzene rings is 2. The fraction of sp³-hybridized carbons (Fsp3) is 0.158. The van der Waals surface area contributed by atoms with Crippen molar-refractivity contribution >= 4 is 22.0 Å². The lowest BCUT2D eigenvalue weighted by molar-refractivity contribution is -0.274. The Hall–Kier alpha value is -2.87. The molecule has 1 aromatic heterocycles. The van der Waals surface area contributed by atoms with Gasteiger partial charge in [-0.3, -0.25) is 0 Å². The molecule has 0 amide bonds. The van der Waals surface area contributed by atoms with Crippen molar-refractivity contribution in [3.8, 4) is 16.3 Å². The second kappa shape index (κ2) is 6.70. The molecule has 3 aromatic rings. The number of ether oxygens (including phenoxy) is 1. The molecule has 1 N–H and O–H groups in total. The first-order valence-corrected chi connectivity index (χ1v) is 8.96. The van der Waals surface area contributed by atoms with E-state index >= 15 is 0 Å². The van der Waals surface area contributed by atoms with E-state index in [2.05, 4.69) is 20.3 Å². The minimum absolute atomic E-state index is 0.228. The number of alkyl halides is 3. The summed E-state index contributed by atoms with van der Waals surface area (Å²) in [7, 11) is 1.78. The molecular weight excluding hydrogens is 375 g/mol. The quantitative estimate of drug-likeness (QED) is 0.672. The lowest BCUT2D eigenvalue weighted by atomic mass is 9.97. The number of halogens is 3. The van der Waals surface area contributed by atoms with Gasteiger partial charge in [0.1, 0.15) is 10.8 Å². The Morgan fingerprint density at radius 1 is 1.07 bits per heavy atom. The topological polar surface area (TPSA) is 47.0 Å². The summed E-state index contributed by atoms with van der Waals surface area (Å²) in [6.45, 7) is 0. The molecule has 4 rings (SSSR count). The molecular formula is C19H14F3N3OS. The molecule has 0 aliphatic heterocycles. The van der Waals surface area contributed by atoms with Gasteiger partial charge in [-0.15, -0.1) is 23.4 Å². The van der Waals surface area contributed by atoms with Crippen molar-refractivity contribution in [3.05, 3.63) is 65.2 Å². The number of hydrogen-bond acceptors (Lipinski definition) is 5. The molecule has 0 saturated heterocycles. The molecule has 1 aliphatic rings. The van der Waals surface area contributed by atoms with Gasteiger partial charge in [-0.05, 0) is 46.9 Å². The van der Waals surface area contributed by atoms with E-state index < -0.39 is 6.36 Å². The molecule has 0 atom stereocenters. The first-order chi connectivity index (χ1) is 12.9. The predicted octanol–water partition coefficient (Wildman–Crippen LogP) is 5.13. The van der Waals surface area contributed by atoms with Gasteiger partial charge in [0.15, 0.2) is 0 Å². The maximum absolute atomic E-state index is 12.5. The van der Waals surface area contributed by atoms with Gasteiger partial charge in [0, 0.05) is 12.6 Å². The highest BCUT2D eigenvalue weighted by atomic mass is 32.1. The normalized spacial score (nSPS) is 13.3. The van der Waals surface area contributed by atoms with Crippen LogP contribution in [0.15, 0.2) is 48.5 Å². The fourth-order valence-corrected chi connectivity index (χ4v) is 3.73. The Balaban J connectivity index is 1.69. The van der Waals surface area contributed by atoms with Crippen LogP contribution in [-0.2, 0) is 6.42 Å². The van der Waals surface area contributed by atoms with Crippen molar-refractivity contribution in [1.29, 1.82) is 0 Å². The fourth-order valence-electron chi connectivity index (χ4n) is 3.04. The molecule has 0 unspecified atom stereocenters. The SMILES string of the molecule is CNc1nnc(-c2ccc3c(c2)C(c2cccc(OC(F)(F)F)c2)=CC3)s1. The van der Waals surface area contributed by atoms with Crippen LogP contribution in [0.1, 0.15) is 16.7 Å². The minimum atomic E-state index is -4.71. The van der Waals surface area contributed by atoms with E-state index in [0.29, 0.717) is 5.56 Å². The van der Waals surface area contributed by atoms with Crippen LogP contribution in [0.4, 0.5) is 18.3 Å². The first-order valence-electron chi connectivity index (χ1n) is 8.14. The summed E-state index contributed by atoms with van der Waals surface area (Å²) in [6, 6.07) is 12.0. The van der Waals surface area contributed by atoms with Crippen molar-refractivity contribution in [2.24, 2.45) is 0 Å². The predicted molar refractivity (Wildman–Crippen MR) is 98.8 cm³/mol. The van der Waals surface area contributed by atoms with Crippen molar-refractivity contribution in [3.63, 3.8) is 0 Å². The van der Waals surface area contributed by atoms with Crippen LogP contribution in [0.5, 0.6) is 5.75 Å². The number of allylic oxidation sites excluding steroid dienone is 1. The molecule has 0 fully saturated rings. The number of anilines is 1. The molecule has 0 spiro atoms.